The number of aryl methyl sites for hydroxylation is 2. The molecule has 0 fully saturated rings. The van der Waals surface area contributed by atoms with Crippen molar-refractivity contribution in [3.63, 3.8) is 0 Å². The molecule has 0 bridgehead atoms. The Bertz CT molecular complexity index is 1140. The number of carbonyl (C=O) groups is 2. The first-order valence-electron chi connectivity index (χ1n) is 9.66. The van der Waals surface area contributed by atoms with Crippen LogP contribution in [-0.2, 0) is 15.3 Å². The van der Waals surface area contributed by atoms with Crippen LogP contribution in [0.25, 0.3) is 11.0 Å². The number of carboxylic acids is 1. The van der Waals surface area contributed by atoms with E-state index < -0.39 is 23.5 Å². The van der Waals surface area contributed by atoms with E-state index in [9.17, 15) is 19.5 Å². The summed E-state index contributed by atoms with van der Waals surface area (Å²) in [6, 6.07) is 13.5. The fourth-order valence-electron chi connectivity index (χ4n) is 3.08. The third-order valence-electron chi connectivity index (χ3n) is 4.71. The second-order valence-corrected chi connectivity index (χ2v) is 8.09. The highest BCUT2D eigenvalue weighted by molar-refractivity contribution is 7.98. The summed E-state index contributed by atoms with van der Waals surface area (Å²) in [7, 11) is 0. The molecule has 0 aliphatic rings. The molecular weight excluding hydrogens is 418 g/mol. The minimum Gasteiger partial charge on any atom is -0.483 e. The van der Waals surface area contributed by atoms with Gasteiger partial charge in [0.15, 0.2) is 6.61 Å². The summed E-state index contributed by atoms with van der Waals surface area (Å²) >= 11 is 1.43. The topological polar surface area (TPSA) is 106 Å². The van der Waals surface area contributed by atoms with E-state index in [0.717, 1.165) is 16.5 Å². The minimum atomic E-state index is -1.10. The third-order valence-corrected chi connectivity index (χ3v) is 5.81. The van der Waals surface area contributed by atoms with Crippen molar-refractivity contribution >= 4 is 34.6 Å². The molecule has 3 aromatic rings. The molecule has 0 aliphatic carbocycles. The maximum absolute atomic E-state index is 12.3. The van der Waals surface area contributed by atoms with Crippen LogP contribution >= 0.6 is 11.8 Å². The Balaban J connectivity index is 1.58. The maximum atomic E-state index is 12.3. The summed E-state index contributed by atoms with van der Waals surface area (Å²) in [5.74, 6) is -0.375. The summed E-state index contributed by atoms with van der Waals surface area (Å²) in [6.07, 6.45) is 0. The Morgan fingerprint density at radius 2 is 1.90 bits per heavy atom. The molecule has 8 heteroatoms. The lowest BCUT2D eigenvalue weighted by Crippen LogP contribution is -2.44. The number of thioether (sulfide) groups is 1. The van der Waals surface area contributed by atoms with E-state index in [1.165, 1.54) is 17.8 Å². The molecule has 0 saturated heterocycles. The van der Waals surface area contributed by atoms with Crippen LogP contribution in [0.2, 0.25) is 0 Å². The van der Waals surface area contributed by atoms with Gasteiger partial charge in [-0.2, -0.15) is 11.8 Å². The molecule has 3 rings (SSSR count). The van der Waals surface area contributed by atoms with Crippen LogP contribution in [-0.4, -0.2) is 35.4 Å². The highest BCUT2D eigenvalue weighted by atomic mass is 32.2. The zero-order valence-corrected chi connectivity index (χ0v) is 18.0. The van der Waals surface area contributed by atoms with Crippen LogP contribution < -0.4 is 15.7 Å². The molecule has 31 heavy (non-hydrogen) atoms. The number of hydrogen-bond acceptors (Lipinski definition) is 6. The van der Waals surface area contributed by atoms with Crippen molar-refractivity contribution in [1.29, 1.82) is 0 Å². The van der Waals surface area contributed by atoms with Crippen molar-refractivity contribution in [2.24, 2.45) is 0 Å². The monoisotopic (exact) mass is 441 g/mol. The van der Waals surface area contributed by atoms with Gasteiger partial charge < -0.3 is 19.6 Å². The fourth-order valence-corrected chi connectivity index (χ4v) is 4.09. The smallest absolute Gasteiger partial charge is 0.336 e. The van der Waals surface area contributed by atoms with E-state index in [4.69, 9.17) is 9.15 Å². The van der Waals surface area contributed by atoms with Gasteiger partial charge in [0.05, 0.1) is 0 Å². The largest absolute Gasteiger partial charge is 0.483 e. The second kappa shape index (κ2) is 10.2. The number of nitrogens with one attached hydrogen (secondary N) is 1. The first-order valence-corrected chi connectivity index (χ1v) is 10.8. The molecule has 2 N–H and O–H groups in total. The van der Waals surface area contributed by atoms with Gasteiger partial charge in [-0.25, -0.2) is 9.59 Å². The van der Waals surface area contributed by atoms with Crippen LogP contribution in [0, 0.1) is 13.8 Å². The van der Waals surface area contributed by atoms with E-state index in [1.807, 2.05) is 37.3 Å². The van der Waals surface area contributed by atoms with Crippen LogP contribution in [0.3, 0.4) is 0 Å². The molecule has 1 heterocycles. The van der Waals surface area contributed by atoms with E-state index >= 15 is 0 Å². The molecule has 1 aromatic heterocycles. The molecule has 162 valence electrons. The lowest BCUT2D eigenvalue weighted by atomic mass is 10.1. The molecule has 0 aliphatic heterocycles. The predicted molar refractivity (Wildman–Crippen MR) is 120 cm³/mol. The molecule has 1 amide bonds. The lowest BCUT2D eigenvalue weighted by Gasteiger charge is -2.15. The summed E-state index contributed by atoms with van der Waals surface area (Å²) in [4.78, 5) is 35.4. The van der Waals surface area contributed by atoms with Gasteiger partial charge >= 0.3 is 11.6 Å². The molecule has 0 radical (unpaired) electrons. The average Bonchev–Trinajstić information content (AvgIpc) is 2.73. The summed E-state index contributed by atoms with van der Waals surface area (Å²) < 4.78 is 10.8. The molecule has 7 nitrogen and oxygen atoms in total. The number of carboxylic acid groups (broad SMARTS) is 1. The second-order valence-electron chi connectivity index (χ2n) is 7.06. The first-order chi connectivity index (χ1) is 14.8. The summed E-state index contributed by atoms with van der Waals surface area (Å²) in [6.45, 7) is 3.20. The number of rotatable bonds is 9. The number of fused-ring (bicyclic) bond motifs is 1. The fraction of sp³-hybridized carbons (Fsp3) is 0.261. The van der Waals surface area contributed by atoms with Gasteiger partial charge in [-0.1, -0.05) is 30.3 Å². The maximum Gasteiger partial charge on any atom is 0.336 e. The highest BCUT2D eigenvalue weighted by Gasteiger charge is 2.20. The Labute approximate surface area is 183 Å². The highest BCUT2D eigenvalue weighted by Crippen LogP contribution is 2.28. The Morgan fingerprint density at radius 1 is 1.16 bits per heavy atom. The zero-order valence-electron chi connectivity index (χ0n) is 17.2. The predicted octanol–water partition coefficient (Wildman–Crippen LogP) is 3.29. The van der Waals surface area contributed by atoms with Gasteiger partial charge in [-0.15, -0.1) is 0 Å². The normalized spacial score (nSPS) is 11.8. The number of carbonyl (C=O) groups excluding carboxylic acids is 1. The number of amides is 1. The number of aliphatic carboxylic acids is 1. The summed E-state index contributed by atoms with van der Waals surface area (Å²) in [5, 5.41) is 12.7. The molecule has 1 unspecified atom stereocenters. The molecule has 0 spiro atoms. The Morgan fingerprint density at radius 3 is 2.61 bits per heavy atom. The van der Waals surface area contributed by atoms with Crippen LogP contribution in [0.1, 0.15) is 16.7 Å². The molecule has 2 aromatic carbocycles. The SMILES string of the molecule is Cc1cc(=O)oc2c(C)c(OCC(=O)NC(CSCc3ccccc3)C(=O)O)ccc12. The van der Waals surface area contributed by atoms with Crippen molar-refractivity contribution in [3.05, 3.63) is 75.6 Å². The molecule has 0 saturated carbocycles. The third kappa shape index (κ3) is 5.88. The van der Waals surface area contributed by atoms with Crippen LogP contribution in [0.4, 0.5) is 0 Å². The number of benzene rings is 2. The molecular formula is C23H23NO6S. The standard InChI is InChI=1S/C23H23NO6S/c1-14-10-21(26)30-22-15(2)19(9-8-17(14)22)29-11-20(25)24-18(23(27)28)13-31-12-16-6-4-3-5-7-16/h3-10,18H,11-13H2,1-2H3,(H,24,25)(H,27,28). The van der Waals surface area contributed by atoms with Gasteiger partial charge in [0.1, 0.15) is 17.4 Å². The van der Waals surface area contributed by atoms with Gasteiger partial charge in [0, 0.05) is 28.5 Å². The van der Waals surface area contributed by atoms with Crippen molar-refractivity contribution in [1.82, 2.24) is 5.32 Å². The van der Waals surface area contributed by atoms with Crippen LogP contribution in [0.15, 0.2) is 57.7 Å². The van der Waals surface area contributed by atoms with Gasteiger partial charge in [0.2, 0.25) is 0 Å². The van der Waals surface area contributed by atoms with Gasteiger partial charge in [0.25, 0.3) is 5.91 Å². The number of hydrogen-bond donors (Lipinski definition) is 2. The van der Waals surface area contributed by atoms with Crippen molar-refractivity contribution in [3.8, 4) is 5.75 Å². The number of ether oxygens (including phenoxy) is 1. The summed E-state index contributed by atoms with van der Waals surface area (Å²) in [5.41, 5.74) is 2.42. The molecule has 1 atom stereocenters. The minimum absolute atomic E-state index is 0.232. The van der Waals surface area contributed by atoms with E-state index in [-0.39, 0.29) is 12.4 Å². The van der Waals surface area contributed by atoms with Crippen molar-refractivity contribution < 1.29 is 23.8 Å². The van der Waals surface area contributed by atoms with Crippen molar-refractivity contribution in [2.45, 2.75) is 25.6 Å². The average molecular weight is 442 g/mol. The van der Waals surface area contributed by atoms with Gasteiger partial charge in [-0.3, -0.25) is 4.79 Å². The van der Waals surface area contributed by atoms with Crippen LogP contribution in [0.5, 0.6) is 5.75 Å². The quantitative estimate of drug-likeness (QED) is 0.491. The Hall–Kier alpha value is -3.26. The Kier molecular flexibility index (Phi) is 7.36. The first kappa shape index (κ1) is 22.4. The van der Waals surface area contributed by atoms with E-state index in [2.05, 4.69) is 5.32 Å². The van der Waals surface area contributed by atoms with E-state index in [0.29, 0.717) is 22.6 Å². The van der Waals surface area contributed by atoms with Crippen molar-refractivity contribution in [2.75, 3.05) is 12.4 Å². The van der Waals surface area contributed by atoms with Gasteiger partial charge in [-0.05, 0) is 37.1 Å². The zero-order chi connectivity index (χ0) is 22.4. The lowest BCUT2D eigenvalue weighted by molar-refractivity contribution is -0.141. The van der Waals surface area contributed by atoms with E-state index in [1.54, 1.807) is 19.1 Å².